The van der Waals surface area contributed by atoms with Crippen LogP contribution in [0, 0.1) is 23.3 Å². The molecule has 2 saturated heterocycles. The van der Waals surface area contributed by atoms with Crippen molar-refractivity contribution in [3.05, 3.63) is 35.9 Å². The summed E-state index contributed by atoms with van der Waals surface area (Å²) in [7, 11) is 0. The van der Waals surface area contributed by atoms with Crippen molar-refractivity contribution >= 4 is 5.91 Å². The lowest BCUT2D eigenvalue weighted by Gasteiger charge is -2.40. The second-order valence-electron chi connectivity index (χ2n) is 6.68. The van der Waals surface area contributed by atoms with E-state index < -0.39 is 0 Å². The Morgan fingerprint density at radius 1 is 1.32 bits per heavy atom. The van der Waals surface area contributed by atoms with Gasteiger partial charge in [0, 0.05) is 38.5 Å². The summed E-state index contributed by atoms with van der Waals surface area (Å²) in [4.78, 5) is 16.2. The highest BCUT2D eigenvalue weighted by molar-refractivity contribution is 5.77. The van der Waals surface area contributed by atoms with Gasteiger partial charge in [-0.3, -0.25) is 4.79 Å². The fraction of sp³-hybridized carbons (Fsp3) is 0.556. The number of rotatable bonds is 4. The molecule has 0 N–H and O–H groups in total. The van der Waals surface area contributed by atoms with Crippen molar-refractivity contribution in [2.45, 2.75) is 25.7 Å². The third-order valence-corrected chi connectivity index (χ3v) is 5.17. The van der Waals surface area contributed by atoms with E-state index in [0.717, 1.165) is 32.6 Å². The third kappa shape index (κ3) is 3.09. The lowest BCUT2D eigenvalue weighted by molar-refractivity contribution is -0.136. The lowest BCUT2D eigenvalue weighted by Crippen LogP contribution is -2.49. The molecular weight excluding hydrogens is 274 g/mol. The quantitative estimate of drug-likeness (QED) is 0.802. The van der Waals surface area contributed by atoms with E-state index in [1.54, 1.807) is 4.90 Å². The van der Waals surface area contributed by atoms with Crippen LogP contribution in [0.3, 0.4) is 0 Å². The van der Waals surface area contributed by atoms with Crippen molar-refractivity contribution in [1.29, 1.82) is 5.26 Å². The van der Waals surface area contributed by atoms with Gasteiger partial charge in [-0.25, -0.2) is 0 Å². The highest BCUT2D eigenvalue weighted by atomic mass is 16.2. The monoisotopic (exact) mass is 297 g/mol. The molecule has 0 bridgehead atoms. The molecule has 3 rings (SSSR count). The highest BCUT2D eigenvalue weighted by Gasteiger charge is 2.34. The van der Waals surface area contributed by atoms with E-state index in [-0.39, 0.29) is 5.91 Å². The normalized spacial score (nSPS) is 23.0. The number of amides is 1. The van der Waals surface area contributed by atoms with Gasteiger partial charge in [-0.2, -0.15) is 5.26 Å². The molecule has 0 radical (unpaired) electrons. The maximum absolute atomic E-state index is 12.4. The van der Waals surface area contributed by atoms with Crippen molar-refractivity contribution in [1.82, 2.24) is 9.80 Å². The summed E-state index contributed by atoms with van der Waals surface area (Å²) in [5.41, 5.74) is 1.33. The Morgan fingerprint density at radius 3 is 2.68 bits per heavy atom. The number of likely N-dealkylation sites (tertiary alicyclic amines) is 2. The first-order valence-electron chi connectivity index (χ1n) is 8.14. The lowest BCUT2D eigenvalue weighted by atomic mass is 9.87. The molecule has 0 spiro atoms. The van der Waals surface area contributed by atoms with Gasteiger partial charge >= 0.3 is 0 Å². The molecule has 2 unspecified atom stereocenters. The summed E-state index contributed by atoms with van der Waals surface area (Å²) in [6, 6.07) is 10.4. The third-order valence-electron chi connectivity index (χ3n) is 5.17. The Morgan fingerprint density at radius 2 is 2.05 bits per heavy atom. The first kappa shape index (κ1) is 14.9. The Kier molecular flexibility index (Phi) is 4.33. The molecule has 1 aromatic carbocycles. The predicted molar refractivity (Wildman–Crippen MR) is 84.8 cm³/mol. The number of hydrogen-bond acceptors (Lipinski definition) is 3. The van der Waals surface area contributed by atoms with Crippen LogP contribution in [0.1, 0.15) is 31.2 Å². The zero-order valence-electron chi connectivity index (χ0n) is 13.1. The molecule has 0 aliphatic carbocycles. The van der Waals surface area contributed by atoms with E-state index in [1.165, 1.54) is 5.56 Å². The zero-order chi connectivity index (χ0) is 15.5. The summed E-state index contributed by atoms with van der Waals surface area (Å²) in [6.45, 7) is 5.52. The van der Waals surface area contributed by atoms with Crippen molar-refractivity contribution in [3.8, 4) is 6.19 Å². The van der Waals surface area contributed by atoms with Crippen LogP contribution in [0.5, 0.6) is 0 Å². The fourth-order valence-electron chi connectivity index (χ4n) is 3.53. The summed E-state index contributed by atoms with van der Waals surface area (Å²) in [5, 5.41) is 8.92. The molecule has 1 aromatic rings. The molecule has 2 aliphatic rings. The van der Waals surface area contributed by atoms with Crippen LogP contribution in [0.25, 0.3) is 0 Å². The molecule has 116 valence electrons. The molecule has 2 aliphatic heterocycles. The van der Waals surface area contributed by atoms with Crippen LogP contribution in [-0.2, 0) is 4.79 Å². The molecule has 4 nitrogen and oxygen atoms in total. The SMILES string of the molecule is CC(CC(=O)N1CC(c2ccccc2)C1)C1CCN(C#N)C1. The molecule has 0 saturated carbocycles. The summed E-state index contributed by atoms with van der Waals surface area (Å²) in [5.74, 6) is 1.62. The van der Waals surface area contributed by atoms with Crippen LogP contribution < -0.4 is 0 Å². The topological polar surface area (TPSA) is 47.3 Å². The standard InChI is InChI=1S/C18H23N3O/c1-14(16-7-8-20(10-16)13-19)9-18(22)21-11-17(12-21)15-5-3-2-4-6-15/h2-6,14,16-17H,7-12H2,1H3. The van der Waals surface area contributed by atoms with E-state index in [2.05, 4.69) is 37.4 Å². The van der Waals surface area contributed by atoms with E-state index in [1.807, 2.05) is 11.0 Å². The number of carbonyl (C=O) groups excluding carboxylic acids is 1. The van der Waals surface area contributed by atoms with Gasteiger partial charge in [0.05, 0.1) is 0 Å². The highest BCUT2D eigenvalue weighted by Crippen LogP contribution is 2.30. The Hall–Kier alpha value is -2.02. The fourth-order valence-corrected chi connectivity index (χ4v) is 3.53. The number of nitriles is 1. The molecule has 2 atom stereocenters. The molecular formula is C18H23N3O. The smallest absolute Gasteiger partial charge is 0.222 e. The maximum atomic E-state index is 12.4. The molecule has 2 heterocycles. The molecule has 22 heavy (non-hydrogen) atoms. The molecule has 1 amide bonds. The Labute approximate surface area is 132 Å². The van der Waals surface area contributed by atoms with E-state index >= 15 is 0 Å². The van der Waals surface area contributed by atoms with E-state index in [0.29, 0.717) is 24.2 Å². The number of nitrogens with zero attached hydrogens (tertiary/aromatic N) is 3. The van der Waals surface area contributed by atoms with E-state index in [4.69, 9.17) is 5.26 Å². The largest absolute Gasteiger partial charge is 0.341 e. The van der Waals surface area contributed by atoms with Gasteiger partial charge in [-0.15, -0.1) is 0 Å². The van der Waals surface area contributed by atoms with Gasteiger partial charge in [-0.05, 0) is 23.8 Å². The van der Waals surface area contributed by atoms with Crippen molar-refractivity contribution < 1.29 is 4.79 Å². The second-order valence-corrected chi connectivity index (χ2v) is 6.68. The van der Waals surface area contributed by atoms with Crippen LogP contribution in [-0.4, -0.2) is 41.9 Å². The van der Waals surface area contributed by atoms with Gasteiger partial charge in [-0.1, -0.05) is 37.3 Å². The number of carbonyl (C=O) groups is 1. The van der Waals surface area contributed by atoms with Gasteiger partial charge < -0.3 is 9.80 Å². The van der Waals surface area contributed by atoms with Gasteiger partial charge in [0.15, 0.2) is 6.19 Å². The molecule has 4 heteroatoms. The Bertz CT molecular complexity index is 559. The first-order chi connectivity index (χ1) is 10.7. The van der Waals surface area contributed by atoms with E-state index in [9.17, 15) is 4.79 Å². The average molecular weight is 297 g/mol. The van der Waals surface area contributed by atoms with Gasteiger partial charge in [0.2, 0.25) is 5.91 Å². The van der Waals surface area contributed by atoms with Crippen LogP contribution in [0.15, 0.2) is 30.3 Å². The summed E-state index contributed by atoms with van der Waals surface area (Å²) >= 11 is 0. The van der Waals surface area contributed by atoms with Crippen LogP contribution >= 0.6 is 0 Å². The minimum absolute atomic E-state index is 0.273. The summed E-state index contributed by atoms with van der Waals surface area (Å²) < 4.78 is 0. The first-order valence-corrected chi connectivity index (χ1v) is 8.14. The zero-order valence-corrected chi connectivity index (χ0v) is 13.1. The number of hydrogen-bond donors (Lipinski definition) is 0. The van der Waals surface area contributed by atoms with Gasteiger partial charge in [0.25, 0.3) is 0 Å². The number of benzene rings is 1. The minimum atomic E-state index is 0.273. The van der Waals surface area contributed by atoms with Crippen LogP contribution in [0.4, 0.5) is 0 Å². The average Bonchev–Trinajstić information content (AvgIpc) is 2.96. The van der Waals surface area contributed by atoms with Crippen molar-refractivity contribution in [3.63, 3.8) is 0 Å². The second kappa shape index (κ2) is 6.39. The Balaban J connectivity index is 1.45. The van der Waals surface area contributed by atoms with Gasteiger partial charge in [0.1, 0.15) is 0 Å². The van der Waals surface area contributed by atoms with Crippen molar-refractivity contribution in [2.75, 3.05) is 26.2 Å². The van der Waals surface area contributed by atoms with Crippen LogP contribution in [0.2, 0.25) is 0 Å². The molecule has 2 fully saturated rings. The molecule has 0 aromatic heterocycles. The minimum Gasteiger partial charge on any atom is -0.341 e. The summed E-state index contributed by atoms with van der Waals surface area (Å²) in [6.07, 6.45) is 3.86. The predicted octanol–water partition coefficient (Wildman–Crippen LogP) is 2.44. The van der Waals surface area contributed by atoms with Crippen molar-refractivity contribution in [2.24, 2.45) is 11.8 Å². The maximum Gasteiger partial charge on any atom is 0.222 e.